The Morgan fingerprint density at radius 2 is 1.97 bits per heavy atom. The normalized spacial score (nSPS) is 21.7. The summed E-state index contributed by atoms with van der Waals surface area (Å²) in [5.74, 6) is 0.740. The van der Waals surface area contributed by atoms with Gasteiger partial charge in [-0.15, -0.1) is 0 Å². The summed E-state index contributed by atoms with van der Waals surface area (Å²) in [6.45, 7) is 5.27. The number of aliphatic hydroxyl groups excluding tert-OH is 2. The molecule has 1 saturated heterocycles. The summed E-state index contributed by atoms with van der Waals surface area (Å²) in [7, 11) is 0. The van der Waals surface area contributed by atoms with Crippen LogP contribution in [-0.4, -0.2) is 44.9 Å². The van der Waals surface area contributed by atoms with Gasteiger partial charge in [0, 0.05) is 65.8 Å². The van der Waals surface area contributed by atoms with Crippen molar-refractivity contribution in [2.45, 2.75) is 50.5 Å². The number of rotatable bonds is 4. The molecule has 2 unspecified atom stereocenters. The third kappa shape index (κ3) is 3.85. The first-order valence-corrected chi connectivity index (χ1v) is 11.5. The van der Waals surface area contributed by atoms with Gasteiger partial charge >= 0.3 is 0 Å². The number of fused-ring (bicyclic) bond motifs is 2. The van der Waals surface area contributed by atoms with Crippen molar-refractivity contribution in [1.82, 2.24) is 9.47 Å². The van der Waals surface area contributed by atoms with Crippen molar-refractivity contribution in [3.05, 3.63) is 64.8 Å². The van der Waals surface area contributed by atoms with E-state index >= 15 is 0 Å². The van der Waals surface area contributed by atoms with Crippen molar-refractivity contribution in [1.29, 1.82) is 0 Å². The highest BCUT2D eigenvalue weighted by molar-refractivity contribution is 6.30. The van der Waals surface area contributed by atoms with Crippen LogP contribution in [0, 0.1) is 0 Å². The fourth-order valence-electron chi connectivity index (χ4n) is 5.20. The molecule has 1 aromatic heterocycles. The maximum absolute atomic E-state index is 11.0. The summed E-state index contributed by atoms with van der Waals surface area (Å²) >= 11 is 6.09. The first kappa shape index (κ1) is 20.8. The minimum atomic E-state index is -0.556. The van der Waals surface area contributed by atoms with Crippen LogP contribution in [0.1, 0.15) is 49.5 Å². The summed E-state index contributed by atoms with van der Waals surface area (Å²) in [5, 5.41) is 23.5. The molecule has 2 N–H and O–H groups in total. The van der Waals surface area contributed by atoms with Gasteiger partial charge in [0.15, 0.2) is 0 Å². The fourth-order valence-corrected chi connectivity index (χ4v) is 5.39. The molecule has 0 bridgehead atoms. The molecular weight excluding hydrogens is 412 g/mol. The molecule has 0 radical (unpaired) electrons. The van der Waals surface area contributed by atoms with Gasteiger partial charge in [0.25, 0.3) is 0 Å². The van der Waals surface area contributed by atoms with Crippen molar-refractivity contribution in [3.63, 3.8) is 0 Å². The summed E-state index contributed by atoms with van der Waals surface area (Å²) in [6.07, 6.45) is 3.24. The summed E-state index contributed by atoms with van der Waals surface area (Å²) in [4.78, 5) is 2.31. The van der Waals surface area contributed by atoms with E-state index in [0.29, 0.717) is 18.0 Å². The maximum Gasteiger partial charge on any atom is 0.126 e. The van der Waals surface area contributed by atoms with Crippen molar-refractivity contribution in [3.8, 4) is 5.75 Å². The summed E-state index contributed by atoms with van der Waals surface area (Å²) in [6, 6.07) is 13.7. The van der Waals surface area contributed by atoms with Crippen LogP contribution in [0.25, 0.3) is 10.9 Å². The van der Waals surface area contributed by atoms with Crippen LogP contribution < -0.4 is 4.74 Å². The molecule has 5 nitrogen and oxygen atoms in total. The second-order valence-corrected chi connectivity index (χ2v) is 9.33. The molecule has 6 heteroatoms. The molecule has 0 saturated carbocycles. The zero-order chi connectivity index (χ0) is 21.6. The average molecular weight is 441 g/mol. The van der Waals surface area contributed by atoms with Gasteiger partial charge in [-0.2, -0.15) is 0 Å². The molecule has 2 atom stereocenters. The summed E-state index contributed by atoms with van der Waals surface area (Å²) < 4.78 is 8.58. The molecule has 0 aliphatic carbocycles. The standard InChI is InChI=1S/C25H29ClN2O3/c1-2-28-15-20(18-5-3-4-6-21(18)28)23(30)16-27-11-9-25(10-12-27)14-22(29)19-13-17(26)7-8-24(19)31-25/h3-8,13,15,22-23,29-30H,2,9-12,14,16H2,1H3. The Kier molecular flexibility index (Phi) is 5.47. The van der Waals surface area contributed by atoms with E-state index in [0.717, 1.165) is 54.7 Å². The number of hydrogen-bond donors (Lipinski definition) is 2. The van der Waals surface area contributed by atoms with Gasteiger partial charge in [0.2, 0.25) is 0 Å². The molecule has 1 fully saturated rings. The number of hydrogen-bond acceptors (Lipinski definition) is 4. The number of para-hydroxylation sites is 1. The summed E-state index contributed by atoms with van der Waals surface area (Å²) in [5.41, 5.74) is 2.59. The van der Waals surface area contributed by atoms with Gasteiger partial charge in [-0.1, -0.05) is 29.8 Å². The number of aliphatic hydroxyl groups is 2. The molecule has 2 aliphatic rings. The van der Waals surface area contributed by atoms with Crippen LogP contribution in [-0.2, 0) is 6.54 Å². The fraction of sp³-hybridized carbons (Fsp3) is 0.440. The smallest absolute Gasteiger partial charge is 0.126 e. The Balaban J connectivity index is 1.27. The number of halogens is 1. The van der Waals surface area contributed by atoms with Gasteiger partial charge in [0.1, 0.15) is 11.4 Å². The highest BCUT2D eigenvalue weighted by atomic mass is 35.5. The number of aryl methyl sites for hydroxylation is 1. The zero-order valence-corrected chi connectivity index (χ0v) is 18.6. The van der Waals surface area contributed by atoms with Crippen LogP contribution in [0.5, 0.6) is 5.75 Å². The first-order valence-electron chi connectivity index (χ1n) is 11.1. The van der Waals surface area contributed by atoms with E-state index in [1.165, 1.54) is 5.52 Å². The monoisotopic (exact) mass is 440 g/mol. The van der Waals surface area contributed by atoms with Gasteiger partial charge in [-0.3, -0.25) is 0 Å². The van der Waals surface area contributed by atoms with Crippen LogP contribution >= 0.6 is 11.6 Å². The number of benzene rings is 2. The molecule has 0 amide bonds. The lowest BCUT2D eigenvalue weighted by Gasteiger charge is -2.46. The molecule has 31 heavy (non-hydrogen) atoms. The lowest BCUT2D eigenvalue weighted by Crippen LogP contribution is -2.51. The second kappa shape index (κ2) is 8.14. The molecular formula is C25H29ClN2O3. The highest BCUT2D eigenvalue weighted by Crippen LogP contribution is 2.45. The van der Waals surface area contributed by atoms with E-state index in [1.807, 2.05) is 24.3 Å². The van der Waals surface area contributed by atoms with Crippen LogP contribution in [0.2, 0.25) is 5.02 Å². The molecule has 3 heterocycles. The topological polar surface area (TPSA) is 57.9 Å². The number of nitrogens with zero attached hydrogens (tertiary/aromatic N) is 2. The number of aromatic nitrogens is 1. The lowest BCUT2D eigenvalue weighted by molar-refractivity contribution is -0.0587. The van der Waals surface area contributed by atoms with Crippen molar-refractivity contribution in [2.75, 3.05) is 19.6 Å². The largest absolute Gasteiger partial charge is 0.487 e. The van der Waals surface area contributed by atoms with Gasteiger partial charge in [-0.25, -0.2) is 0 Å². The van der Waals surface area contributed by atoms with Crippen molar-refractivity contribution < 1.29 is 14.9 Å². The van der Waals surface area contributed by atoms with Crippen LogP contribution in [0.15, 0.2) is 48.7 Å². The highest BCUT2D eigenvalue weighted by Gasteiger charge is 2.43. The third-order valence-corrected chi connectivity index (χ3v) is 7.18. The molecule has 2 aliphatic heterocycles. The Hall–Kier alpha value is -2.05. The van der Waals surface area contributed by atoms with Gasteiger partial charge < -0.3 is 24.4 Å². The minimum absolute atomic E-state index is 0.347. The molecule has 5 rings (SSSR count). The second-order valence-electron chi connectivity index (χ2n) is 8.89. The van der Waals surface area contributed by atoms with Gasteiger partial charge in [-0.05, 0) is 44.0 Å². The van der Waals surface area contributed by atoms with Crippen molar-refractivity contribution in [2.24, 2.45) is 0 Å². The van der Waals surface area contributed by atoms with E-state index < -0.39 is 12.2 Å². The average Bonchev–Trinajstić information content (AvgIpc) is 3.15. The quantitative estimate of drug-likeness (QED) is 0.617. The maximum atomic E-state index is 11.0. The Labute approximate surface area is 187 Å². The SMILES string of the molecule is CCn1cc(C(O)CN2CCC3(CC2)CC(O)c2cc(Cl)ccc2O3)c2ccccc21. The van der Waals surface area contributed by atoms with Crippen molar-refractivity contribution >= 4 is 22.5 Å². The number of likely N-dealkylation sites (tertiary alicyclic amines) is 1. The van der Waals surface area contributed by atoms with Crippen LogP contribution in [0.4, 0.5) is 0 Å². The Morgan fingerprint density at radius 3 is 2.74 bits per heavy atom. The molecule has 2 aromatic carbocycles. The van der Waals surface area contributed by atoms with Gasteiger partial charge in [0.05, 0.1) is 12.2 Å². The lowest BCUT2D eigenvalue weighted by atomic mass is 9.81. The predicted octanol–water partition coefficient (Wildman–Crippen LogP) is 4.70. The van der Waals surface area contributed by atoms with E-state index in [-0.39, 0.29) is 5.60 Å². The number of piperidine rings is 1. The Morgan fingerprint density at radius 1 is 1.19 bits per heavy atom. The zero-order valence-electron chi connectivity index (χ0n) is 17.8. The number of β-amino-alcohol motifs (C(OH)–C–C–N with tert-alkyl or cyclic N) is 1. The van der Waals surface area contributed by atoms with Crippen LogP contribution in [0.3, 0.4) is 0 Å². The van der Waals surface area contributed by atoms with E-state index in [1.54, 1.807) is 6.07 Å². The molecule has 164 valence electrons. The first-order chi connectivity index (χ1) is 15.0. The Bertz CT molecular complexity index is 1090. The van der Waals surface area contributed by atoms with E-state index in [9.17, 15) is 10.2 Å². The predicted molar refractivity (Wildman–Crippen MR) is 123 cm³/mol. The minimum Gasteiger partial charge on any atom is -0.487 e. The number of ether oxygens (including phenoxy) is 1. The third-order valence-electron chi connectivity index (χ3n) is 6.94. The molecule has 3 aromatic rings. The molecule has 1 spiro atoms. The van der Waals surface area contributed by atoms with E-state index in [4.69, 9.17) is 16.3 Å². The van der Waals surface area contributed by atoms with E-state index in [2.05, 4.69) is 34.7 Å².